The van der Waals surface area contributed by atoms with Crippen molar-refractivity contribution in [2.75, 3.05) is 18.8 Å². The number of nitrogens with one attached hydrogen (secondary N) is 2. The van der Waals surface area contributed by atoms with Crippen molar-refractivity contribution in [1.82, 2.24) is 15.0 Å². The van der Waals surface area contributed by atoms with Gasteiger partial charge in [-0.3, -0.25) is 4.79 Å². The first-order chi connectivity index (χ1) is 7.93. The van der Waals surface area contributed by atoms with E-state index in [1.54, 1.807) is 6.07 Å². The number of rotatable bonds is 5. The zero-order valence-electron chi connectivity index (χ0n) is 9.30. The predicted molar refractivity (Wildman–Crippen MR) is 62.5 cm³/mol. The normalized spacial score (nSPS) is 11.1. The molecule has 17 heavy (non-hydrogen) atoms. The molecule has 94 valence electrons. The van der Waals surface area contributed by atoms with Crippen molar-refractivity contribution >= 4 is 21.6 Å². The summed E-state index contributed by atoms with van der Waals surface area (Å²) in [5.74, 6) is -0.221. The number of anilines is 1. The second-order valence-corrected chi connectivity index (χ2v) is 4.96. The number of nitrogen functional groups attached to an aromatic ring is 1. The second-order valence-electron chi connectivity index (χ2n) is 3.28. The summed E-state index contributed by atoms with van der Waals surface area (Å²) in [6, 6.07) is 3.00. The van der Waals surface area contributed by atoms with Crippen LogP contribution in [0.1, 0.15) is 6.92 Å². The summed E-state index contributed by atoms with van der Waals surface area (Å²) in [6.45, 7) is 1.64. The number of amides is 1. The van der Waals surface area contributed by atoms with Gasteiger partial charge in [0.1, 0.15) is 0 Å². The number of pyridine rings is 1. The van der Waals surface area contributed by atoms with Crippen LogP contribution in [0.3, 0.4) is 0 Å². The Morgan fingerprint density at radius 2 is 2.18 bits per heavy atom. The molecule has 0 aliphatic heterocycles. The van der Waals surface area contributed by atoms with Crippen LogP contribution in [0, 0.1) is 0 Å². The zero-order valence-corrected chi connectivity index (χ0v) is 10.1. The molecule has 1 amide bonds. The lowest BCUT2D eigenvalue weighted by atomic mass is 10.4. The fourth-order valence-corrected chi connectivity index (χ4v) is 2.21. The van der Waals surface area contributed by atoms with Crippen molar-refractivity contribution in [2.24, 2.45) is 0 Å². The SMILES string of the molecule is CC(=O)NCCNS(=O)(=O)c1ncccc1N. The lowest BCUT2D eigenvalue weighted by Gasteiger charge is -2.07. The van der Waals surface area contributed by atoms with Crippen molar-refractivity contribution in [2.45, 2.75) is 11.9 Å². The highest BCUT2D eigenvalue weighted by Gasteiger charge is 2.17. The fraction of sp³-hybridized carbons (Fsp3) is 0.333. The Bertz CT molecular complexity index is 501. The van der Waals surface area contributed by atoms with Gasteiger partial charge in [-0.05, 0) is 12.1 Å². The van der Waals surface area contributed by atoms with Gasteiger partial charge in [0.05, 0.1) is 5.69 Å². The molecule has 8 heteroatoms. The highest BCUT2D eigenvalue weighted by molar-refractivity contribution is 7.89. The Hall–Kier alpha value is -1.67. The minimum absolute atomic E-state index is 0.0813. The lowest BCUT2D eigenvalue weighted by Crippen LogP contribution is -2.34. The van der Waals surface area contributed by atoms with Crippen molar-refractivity contribution < 1.29 is 13.2 Å². The van der Waals surface area contributed by atoms with Crippen LogP contribution in [-0.4, -0.2) is 32.4 Å². The molecular formula is C9H14N4O3S. The van der Waals surface area contributed by atoms with E-state index >= 15 is 0 Å². The first-order valence-corrected chi connectivity index (χ1v) is 6.36. The van der Waals surface area contributed by atoms with Gasteiger partial charge in [0.15, 0.2) is 5.03 Å². The predicted octanol–water partition coefficient (Wildman–Crippen LogP) is -0.922. The molecule has 1 aromatic rings. The Labute approximate surface area is 99.5 Å². The zero-order chi connectivity index (χ0) is 12.9. The molecule has 0 saturated carbocycles. The number of aromatic nitrogens is 1. The van der Waals surface area contributed by atoms with Crippen molar-refractivity contribution in [3.05, 3.63) is 18.3 Å². The molecule has 4 N–H and O–H groups in total. The quantitative estimate of drug-likeness (QED) is 0.591. The molecule has 0 aliphatic rings. The van der Waals surface area contributed by atoms with Crippen LogP contribution in [-0.2, 0) is 14.8 Å². The third-order valence-electron chi connectivity index (χ3n) is 1.85. The van der Waals surface area contributed by atoms with Gasteiger partial charge in [-0.25, -0.2) is 18.1 Å². The van der Waals surface area contributed by atoms with E-state index in [0.717, 1.165) is 0 Å². The molecule has 0 bridgehead atoms. The van der Waals surface area contributed by atoms with Crippen LogP contribution in [0.5, 0.6) is 0 Å². The third kappa shape index (κ3) is 4.00. The Kier molecular flexibility index (Phi) is 4.41. The van der Waals surface area contributed by atoms with E-state index in [0.29, 0.717) is 0 Å². The minimum Gasteiger partial charge on any atom is -0.396 e. The topological polar surface area (TPSA) is 114 Å². The van der Waals surface area contributed by atoms with Crippen molar-refractivity contribution in [3.8, 4) is 0 Å². The number of hydrogen-bond donors (Lipinski definition) is 3. The molecule has 1 rings (SSSR count). The molecule has 0 fully saturated rings. The largest absolute Gasteiger partial charge is 0.396 e. The summed E-state index contributed by atoms with van der Waals surface area (Å²) in [7, 11) is -3.73. The molecule has 7 nitrogen and oxygen atoms in total. The summed E-state index contributed by atoms with van der Waals surface area (Å²) < 4.78 is 25.7. The molecular weight excluding hydrogens is 244 g/mol. The van der Waals surface area contributed by atoms with Crippen molar-refractivity contribution in [1.29, 1.82) is 0 Å². The average molecular weight is 258 g/mol. The van der Waals surface area contributed by atoms with Crippen LogP contribution >= 0.6 is 0 Å². The summed E-state index contributed by atoms with van der Waals surface area (Å²) in [5.41, 5.74) is 5.59. The van der Waals surface area contributed by atoms with Crippen molar-refractivity contribution in [3.63, 3.8) is 0 Å². The maximum atomic E-state index is 11.7. The summed E-state index contributed by atoms with van der Waals surface area (Å²) in [6.07, 6.45) is 1.35. The molecule has 0 unspecified atom stereocenters. The van der Waals surface area contributed by atoms with Gasteiger partial charge in [0.25, 0.3) is 10.0 Å². The summed E-state index contributed by atoms with van der Waals surface area (Å²) >= 11 is 0. The van der Waals surface area contributed by atoms with Crippen LogP contribution < -0.4 is 15.8 Å². The van der Waals surface area contributed by atoms with Crippen LogP contribution in [0.15, 0.2) is 23.4 Å². The van der Waals surface area contributed by atoms with Gasteiger partial charge in [-0.15, -0.1) is 0 Å². The van der Waals surface area contributed by atoms with E-state index in [4.69, 9.17) is 5.73 Å². The Morgan fingerprint density at radius 3 is 2.76 bits per heavy atom. The van der Waals surface area contributed by atoms with Gasteiger partial charge in [0, 0.05) is 26.2 Å². The molecule has 1 heterocycles. The maximum absolute atomic E-state index is 11.7. The monoisotopic (exact) mass is 258 g/mol. The van der Waals surface area contributed by atoms with Crippen LogP contribution in [0.2, 0.25) is 0 Å². The van der Waals surface area contributed by atoms with E-state index in [1.807, 2.05) is 0 Å². The molecule has 0 aromatic carbocycles. The number of sulfonamides is 1. The number of nitrogens with two attached hydrogens (primary N) is 1. The number of carbonyl (C=O) groups excluding carboxylic acids is 1. The van der Waals surface area contributed by atoms with Gasteiger partial charge in [0.2, 0.25) is 5.91 Å². The highest BCUT2D eigenvalue weighted by Crippen LogP contribution is 2.12. The number of hydrogen-bond acceptors (Lipinski definition) is 5. The molecule has 0 spiro atoms. The lowest BCUT2D eigenvalue weighted by molar-refractivity contribution is -0.118. The average Bonchev–Trinajstić information content (AvgIpc) is 2.24. The highest BCUT2D eigenvalue weighted by atomic mass is 32.2. The summed E-state index contributed by atoms with van der Waals surface area (Å²) in [5, 5.41) is 2.26. The Morgan fingerprint density at radius 1 is 1.47 bits per heavy atom. The number of carbonyl (C=O) groups is 1. The van der Waals surface area contributed by atoms with Gasteiger partial charge < -0.3 is 11.1 Å². The van der Waals surface area contributed by atoms with Gasteiger partial charge in [-0.1, -0.05) is 0 Å². The van der Waals surface area contributed by atoms with Gasteiger partial charge >= 0.3 is 0 Å². The summed E-state index contributed by atoms with van der Waals surface area (Å²) in [4.78, 5) is 14.3. The van der Waals surface area contributed by atoms with Crippen LogP contribution in [0.25, 0.3) is 0 Å². The third-order valence-corrected chi connectivity index (χ3v) is 3.28. The maximum Gasteiger partial charge on any atom is 0.260 e. The second kappa shape index (κ2) is 5.60. The molecule has 0 aliphatic carbocycles. The first kappa shape index (κ1) is 13.4. The van der Waals surface area contributed by atoms with E-state index in [2.05, 4.69) is 15.0 Å². The minimum atomic E-state index is -3.73. The smallest absolute Gasteiger partial charge is 0.260 e. The molecule has 0 saturated heterocycles. The molecule has 0 atom stereocenters. The van der Waals surface area contributed by atoms with Crippen LogP contribution in [0.4, 0.5) is 5.69 Å². The first-order valence-electron chi connectivity index (χ1n) is 4.88. The molecule has 0 radical (unpaired) electrons. The standard InChI is InChI=1S/C9H14N4O3S/c1-7(14)11-5-6-13-17(15,16)9-8(10)3-2-4-12-9/h2-4,13H,5-6,10H2,1H3,(H,11,14). The van der Waals surface area contributed by atoms with E-state index in [9.17, 15) is 13.2 Å². The van der Waals surface area contributed by atoms with Gasteiger partial charge in [-0.2, -0.15) is 0 Å². The number of nitrogens with zero attached hydrogens (tertiary/aromatic N) is 1. The Balaban J connectivity index is 2.64. The fourth-order valence-electron chi connectivity index (χ4n) is 1.12. The van der Waals surface area contributed by atoms with E-state index in [-0.39, 0.29) is 29.7 Å². The van der Waals surface area contributed by atoms with E-state index in [1.165, 1.54) is 19.2 Å². The van der Waals surface area contributed by atoms with E-state index < -0.39 is 10.0 Å². The molecule has 1 aromatic heterocycles.